The Kier molecular flexibility index (Phi) is 3.92. The zero-order valence-corrected chi connectivity index (χ0v) is 10.8. The van der Waals surface area contributed by atoms with Crippen LogP contribution in [-0.4, -0.2) is 16.3 Å². The van der Waals surface area contributed by atoms with E-state index in [4.69, 9.17) is 5.73 Å². The number of thiophene rings is 1. The molecule has 0 aliphatic rings. The Morgan fingerprint density at radius 3 is 3.00 bits per heavy atom. The van der Waals surface area contributed by atoms with Crippen LogP contribution in [0.15, 0.2) is 29.1 Å². The number of rotatable bonds is 2. The molecule has 2 heterocycles. The summed E-state index contributed by atoms with van der Waals surface area (Å²) >= 11 is 1.55. The van der Waals surface area contributed by atoms with Crippen molar-refractivity contribution in [3.05, 3.63) is 50.1 Å². The van der Waals surface area contributed by atoms with Crippen LogP contribution in [0.2, 0.25) is 0 Å². The van der Waals surface area contributed by atoms with Crippen molar-refractivity contribution in [3.63, 3.8) is 0 Å². The number of hydrogen-bond acceptors (Lipinski definition) is 4. The fraction of sp³-hybridized carbons (Fsp3) is 0.231. The Morgan fingerprint density at radius 1 is 1.39 bits per heavy atom. The smallest absolute Gasteiger partial charge is 0.267 e. The normalized spacial score (nSPS) is 9.89. The van der Waals surface area contributed by atoms with E-state index in [2.05, 4.69) is 16.9 Å². The van der Waals surface area contributed by atoms with Gasteiger partial charge < -0.3 is 5.73 Å². The summed E-state index contributed by atoms with van der Waals surface area (Å²) in [6.07, 6.45) is 0. The number of aryl methyl sites for hydroxylation is 1. The summed E-state index contributed by atoms with van der Waals surface area (Å²) in [5, 5.41) is 4.19. The van der Waals surface area contributed by atoms with Crippen molar-refractivity contribution < 1.29 is 0 Å². The van der Waals surface area contributed by atoms with Gasteiger partial charge in [-0.25, -0.2) is 4.68 Å². The molecular weight excluding hydrogens is 246 g/mol. The zero-order chi connectivity index (χ0) is 13.0. The Bertz CT molecular complexity index is 661. The topological polar surface area (TPSA) is 60.9 Å². The van der Waals surface area contributed by atoms with Crippen LogP contribution in [0.25, 0.3) is 0 Å². The van der Waals surface area contributed by atoms with Gasteiger partial charge in [-0.05, 0) is 25.1 Å². The molecule has 0 fully saturated rings. The van der Waals surface area contributed by atoms with Gasteiger partial charge in [0.1, 0.15) is 0 Å². The third-order valence-corrected chi connectivity index (χ3v) is 3.27. The van der Waals surface area contributed by atoms with Gasteiger partial charge in [0.2, 0.25) is 0 Å². The number of hydrogen-bond donors (Lipinski definition) is 1. The lowest BCUT2D eigenvalue weighted by Gasteiger charge is -2.02. The lowest BCUT2D eigenvalue weighted by molar-refractivity contribution is 0.634. The van der Waals surface area contributed by atoms with Gasteiger partial charge in [-0.15, -0.1) is 11.3 Å². The van der Waals surface area contributed by atoms with Gasteiger partial charge in [-0.1, -0.05) is 11.8 Å². The van der Waals surface area contributed by atoms with Crippen LogP contribution in [0.5, 0.6) is 0 Å². The van der Waals surface area contributed by atoms with E-state index in [1.54, 1.807) is 17.4 Å². The largest absolute Gasteiger partial charge is 0.320 e. The van der Waals surface area contributed by atoms with E-state index in [-0.39, 0.29) is 5.56 Å². The van der Waals surface area contributed by atoms with Gasteiger partial charge in [-0.3, -0.25) is 4.79 Å². The molecule has 0 unspecified atom stereocenters. The van der Waals surface area contributed by atoms with E-state index < -0.39 is 0 Å². The van der Waals surface area contributed by atoms with Crippen LogP contribution in [0, 0.1) is 18.8 Å². The van der Waals surface area contributed by atoms with Crippen LogP contribution in [0.1, 0.15) is 15.4 Å². The summed E-state index contributed by atoms with van der Waals surface area (Å²) < 4.78 is 1.46. The first-order valence-corrected chi connectivity index (χ1v) is 6.33. The predicted molar refractivity (Wildman–Crippen MR) is 72.6 cm³/mol. The van der Waals surface area contributed by atoms with Crippen LogP contribution >= 0.6 is 11.3 Å². The van der Waals surface area contributed by atoms with E-state index in [9.17, 15) is 4.79 Å². The maximum Gasteiger partial charge on any atom is 0.267 e. The maximum absolute atomic E-state index is 11.6. The molecule has 0 spiro atoms. The number of aromatic nitrogens is 2. The van der Waals surface area contributed by atoms with Gasteiger partial charge in [0, 0.05) is 10.9 Å². The molecule has 0 aliphatic carbocycles. The summed E-state index contributed by atoms with van der Waals surface area (Å²) in [4.78, 5) is 13.6. The summed E-state index contributed by atoms with van der Waals surface area (Å²) in [6.45, 7) is 2.70. The van der Waals surface area contributed by atoms with Crippen LogP contribution in [0.4, 0.5) is 0 Å². The molecule has 4 nitrogen and oxygen atoms in total. The van der Waals surface area contributed by atoms with E-state index in [0.29, 0.717) is 13.1 Å². The van der Waals surface area contributed by atoms with Gasteiger partial charge in [0.25, 0.3) is 5.56 Å². The summed E-state index contributed by atoms with van der Waals surface area (Å²) in [5.41, 5.74) is 6.05. The van der Waals surface area contributed by atoms with Crippen molar-refractivity contribution in [1.82, 2.24) is 9.78 Å². The first kappa shape index (κ1) is 12.6. The fourth-order valence-electron chi connectivity index (χ4n) is 1.48. The van der Waals surface area contributed by atoms with Crippen molar-refractivity contribution in [3.8, 4) is 11.8 Å². The highest BCUT2D eigenvalue weighted by Gasteiger charge is 2.02. The van der Waals surface area contributed by atoms with E-state index >= 15 is 0 Å². The predicted octanol–water partition coefficient (Wildman–Crippen LogP) is 0.972. The molecule has 2 rings (SSSR count). The highest BCUT2D eigenvalue weighted by molar-refractivity contribution is 7.12. The molecule has 5 heteroatoms. The van der Waals surface area contributed by atoms with Crippen molar-refractivity contribution in [2.24, 2.45) is 5.73 Å². The minimum Gasteiger partial charge on any atom is -0.320 e. The highest BCUT2D eigenvalue weighted by Crippen LogP contribution is 2.15. The minimum atomic E-state index is -0.0939. The quantitative estimate of drug-likeness (QED) is 0.818. The molecule has 0 aromatic carbocycles. The van der Waals surface area contributed by atoms with Crippen molar-refractivity contribution in [1.29, 1.82) is 0 Å². The Hall–Kier alpha value is -1.90. The van der Waals surface area contributed by atoms with Crippen molar-refractivity contribution in [2.45, 2.75) is 13.5 Å². The Morgan fingerprint density at radius 2 is 2.22 bits per heavy atom. The second kappa shape index (κ2) is 5.63. The SMILES string of the molecule is Cc1ccc(=O)n(Cc2ccc(C#CCN)s2)n1. The van der Waals surface area contributed by atoms with Gasteiger partial charge in [0.15, 0.2) is 0 Å². The average molecular weight is 259 g/mol. The van der Waals surface area contributed by atoms with Gasteiger partial charge in [0.05, 0.1) is 23.7 Å². The van der Waals surface area contributed by atoms with E-state index in [0.717, 1.165) is 15.4 Å². The second-order valence-electron chi connectivity index (χ2n) is 3.74. The standard InChI is InChI=1S/C13H13N3OS/c1-10-4-7-13(17)16(15-10)9-12-6-5-11(18-12)3-2-8-14/h4-7H,8-9,14H2,1H3. The Labute approximate surface area is 109 Å². The van der Waals surface area contributed by atoms with E-state index in [1.807, 2.05) is 19.1 Å². The molecule has 0 bridgehead atoms. The molecule has 0 radical (unpaired) electrons. The molecule has 0 aliphatic heterocycles. The molecule has 2 aromatic rings. The molecule has 0 amide bonds. The first-order chi connectivity index (χ1) is 8.69. The second-order valence-corrected chi connectivity index (χ2v) is 4.91. The van der Waals surface area contributed by atoms with Crippen molar-refractivity contribution >= 4 is 11.3 Å². The fourth-order valence-corrected chi connectivity index (χ4v) is 2.34. The minimum absolute atomic E-state index is 0.0939. The maximum atomic E-state index is 11.6. The van der Waals surface area contributed by atoms with E-state index in [1.165, 1.54) is 10.7 Å². The third-order valence-electron chi connectivity index (χ3n) is 2.28. The summed E-state index contributed by atoms with van der Waals surface area (Å²) in [5.74, 6) is 5.78. The van der Waals surface area contributed by atoms with Gasteiger partial charge in [-0.2, -0.15) is 5.10 Å². The zero-order valence-electron chi connectivity index (χ0n) is 10.0. The molecule has 92 valence electrons. The molecule has 2 aromatic heterocycles. The molecule has 18 heavy (non-hydrogen) atoms. The monoisotopic (exact) mass is 259 g/mol. The van der Waals surface area contributed by atoms with Crippen LogP contribution in [-0.2, 0) is 6.54 Å². The molecule has 0 saturated carbocycles. The van der Waals surface area contributed by atoms with Crippen LogP contribution in [0.3, 0.4) is 0 Å². The Balaban J connectivity index is 2.21. The molecule has 0 atom stereocenters. The number of nitrogens with zero attached hydrogens (tertiary/aromatic N) is 2. The molecular formula is C13H13N3OS. The molecule has 2 N–H and O–H groups in total. The highest BCUT2D eigenvalue weighted by atomic mass is 32.1. The third kappa shape index (κ3) is 3.06. The average Bonchev–Trinajstić information content (AvgIpc) is 2.79. The van der Waals surface area contributed by atoms with Crippen molar-refractivity contribution in [2.75, 3.05) is 6.54 Å². The molecule has 0 saturated heterocycles. The first-order valence-electron chi connectivity index (χ1n) is 5.51. The lowest BCUT2D eigenvalue weighted by atomic mass is 10.4. The van der Waals surface area contributed by atoms with Gasteiger partial charge >= 0.3 is 0 Å². The summed E-state index contributed by atoms with van der Waals surface area (Å²) in [7, 11) is 0. The van der Waals surface area contributed by atoms with Crippen LogP contribution < -0.4 is 11.3 Å². The lowest BCUT2D eigenvalue weighted by Crippen LogP contribution is -2.22. The number of nitrogens with two attached hydrogens (primary N) is 1. The summed E-state index contributed by atoms with van der Waals surface area (Å²) in [6, 6.07) is 7.14.